The first kappa shape index (κ1) is 26.6. The molecule has 0 amide bonds. The summed E-state index contributed by atoms with van der Waals surface area (Å²) in [5.41, 5.74) is -3.84. The molecule has 0 aliphatic carbocycles. The van der Waals surface area contributed by atoms with Gasteiger partial charge in [-0.25, -0.2) is 9.59 Å². The quantitative estimate of drug-likeness (QED) is 0.380. The van der Waals surface area contributed by atoms with Gasteiger partial charge in [0.1, 0.15) is 11.9 Å². The number of carboxylic acid groups (broad SMARTS) is 2. The number of rotatable bonds is 5. The van der Waals surface area contributed by atoms with Gasteiger partial charge in [0.2, 0.25) is 0 Å². The Morgan fingerprint density at radius 3 is 1.74 bits per heavy atom. The van der Waals surface area contributed by atoms with Gasteiger partial charge in [0.25, 0.3) is 0 Å². The molecule has 1 aliphatic rings. The molecule has 0 bridgehead atoms. The predicted molar refractivity (Wildman–Crippen MR) is 124 cm³/mol. The highest BCUT2D eigenvalue weighted by atomic mass is 19.4. The SMILES string of the molecule is O=C(O)C1=C(C(=O)O)N(c2cccc(C(F)(F)F)c2)C(c2ccccc2)N(c2cccc(C(F)(F)F)c2)C1. The topological polar surface area (TPSA) is 81.1 Å². The van der Waals surface area contributed by atoms with Crippen LogP contribution in [0, 0.1) is 0 Å². The van der Waals surface area contributed by atoms with E-state index in [1.54, 1.807) is 18.2 Å². The van der Waals surface area contributed by atoms with Gasteiger partial charge in [-0.1, -0.05) is 42.5 Å². The summed E-state index contributed by atoms with van der Waals surface area (Å²) in [6.07, 6.45) is -10.9. The van der Waals surface area contributed by atoms with Crippen LogP contribution < -0.4 is 9.80 Å². The van der Waals surface area contributed by atoms with Crippen LogP contribution in [0.5, 0.6) is 0 Å². The van der Waals surface area contributed by atoms with E-state index in [2.05, 4.69) is 0 Å². The lowest BCUT2D eigenvalue weighted by Crippen LogP contribution is -2.50. The Hall–Kier alpha value is -4.48. The summed E-state index contributed by atoms with van der Waals surface area (Å²) in [5.74, 6) is -3.42. The highest BCUT2D eigenvalue weighted by Crippen LogP contribution is 2.44. The van der Waals surface area contributed by atoms with E-state index in [1.807, 2.05) is 0 Å². The molecule has 1 atom stereocenters. The molecule has 38 heavy (non-hydrogen) atoms. The molecule has 0 saturated heterocycles. The second-order valence-electron chi connectivity index (χ2n) is 8.32. The van der Waals surface area contributed by atoms with E-state index in [0.717, 1.165) is 35.2 Å². The van der Waals surface area contributed by atoms with Crippen LogP contribution in [0.15, 0.2) is 90.1 Å². The Balaban J connectivity index is 2.05. The minimum atomic E-state index is -4.81. The Morgan fingerprint density at radius 1 is 0.711 bits per heavy atom. The molecule has 0 spiro atoms. The van der Waals surface area contributed by atoms with E-state index in [4.69, 9.17) is 0 Å². The lowest BCUT2D eigenvalue weighted by molar-refractivity contribution is -0.138. The van der Waals surface area contributed by atoms with E-state index in [1.165, 1.54) is 29.2 Å². The van der Waals surface area contributed by atoms with Gasteiger partial charge in [0, 0.05) is 11.4 Å². The van der Waals surface area contributed by atoms with Crippen molar-refractivity contribution in [2.24, 2.45) is 0 Å². The zero-order valence-corrected chi connectivity index (χ0v) is 19.2. The Bertz CT molecular complexity index is 1400. The van der Waals surface area contributed by atoms with E-state index in [-0.39, 0.29) is 11.4 Å². The third-order valence-corrected chi connectivity index (χ3v) is 5.91. The standard InChI is InChI=1S/C26H18F6N2O4/c27-25(28,29)16-8-4-10-18(12-16)33-14-20(23(35)36)21(24(37)38)34(22(33)15-6-2-1-3-7-15)19-11-5-9-17(13-19)26(30,31)32/h1-13,22H,14H2,(H,35,36)(H,37,38). The highest BCUT2D eigenvalue weighted by molar-refractivity contribution is 6.03. The first-order valence-corrected chi connectivity index (χ1v) is 10.9. The van der Waals surface area contributed by atoms with Gasteiger partial charge in [0.15, 0.2) is 0 Å². The van der Waals surface area contributed by atoms with Gasteiger partial charge in [-0.3, -0.25) is 0 Å². The van der Waals surface area contributed by atoms with Crippen molar-refractivity contribution in [3.05, 3.63) is 107 Å². The van der Waals surface area contributed by atoms with E-state index in [0.29, 0.717) is 11.6 Å². The van der Waals surface area contributed by atoms with Crippen LogP contribution >= 0.6 is 0 Å². The molecule has 0 saturated carbocycles. The monoisotopic (exact) mass is 536 g/mol. The van der Waals surface area contributed by atoms with Crippen molar-refractivity contribution in [1.29, 1.82) is 0 Å². The molecule has 198 valence electrons. The predicted octanol–water partition coefficient (Wildman–Crippen LogP) is 6.17. The number of hydrogen-bond acceptors (Lipinski definition) is 4. The lowest BCUT2D eigenvalue weighted by atomic mass is 9.99. The van der Waals surface area contributed by atoms with E-state index in [9.17, 15) is 46.1 Å². The van der Waals surface area contributed by atoms with E-state index >= 15 is 0 Å². The summed E-state index contributed by atoms with van der Waals surface area (Å²) < 4.78 is 81.2. The molecular weight excluding hydrogens is 518 g/mol. The van der Waals surface area contributed by atoms with Crippen LogP contribution in [0.25, 0.3) is 0 Å². The van der Waals surface area contributed by atoms with Crippen molar-refractivity contribution in [3.8, 4) is 0 Å². The highest BCUT2D eigenvalue weighted by Gasteiger charge is 2.43. The zero-order chi connectivity index (χ0) is 27.8. The zero-order valence-electron chi connectivity index (χ0n) is 19.2. The Labute approximate surface area is 211 Å². The number of alkyl halides is 6. The molecule has 0 aromatic heterocycles. The van der Waals surface area contributed by atoms with Crippen LogP contribution in [0.1, 0.15) is 22.9 Å². The maximum absolute atomic E-state index is 13.6. The van der Waals surface area contributed by atoms with Gasteiger partial charge < -0.3 is 20.0 Å². The number of carboxylic acids is 2. The number of carbonyl (C=O) groups is 2. The molecule has 1 unspecified atom stereocenters. The number of halogens is 6. The van der Waals surface area contributed by atoms with Crippen molar-refractivity contribution in [2.75, 3.05) is 16.3 Å². The first-order valence-electron chi connectivity index (χ1n) is 10.9. The largest absolute Gasteiger partial charge is 0.478 e. The summed E-state index contributed by atoms with van der Waals surface area (Å²) in [7, 11) is 0. The van der Waals surface area contributed by atoms with Crippen molar-refractivity contribution < 1.29 is 46.1 Å². The van der Waals surface area contributed by atoms with Crippen LogP contribution in [-0.4, -0.2) is 28.7 Å². The van der Waals surface area contributed by atoms with Gasteiger partial charge in [-0.15, -0.1) is 0 Å². The first-order chi connectivity index (χ1) is 17.8. The number of anilines is 2. The normalized spacial score (nSPS) is 16.5. The summed E-state index contributed by atoms with van der Waals surface area (Å²) in [4.78, 5) is 26.7. The van der Waals surface area contributed by atoms with Gasteiger partial charge in [-0.05, 0) is 42.0 Å². The van der Waals surface area contributed by atoms with Crippen molar-refractivity contribution >= 4 is 23.3 Å². The maximum atomic E-state index is 13.6. The third-order valence-electron chi connectivity index (χ3n) is 5.91. The second kappa shape index (κ2) is 9.77. The summed E-state index contributed by atoms with van der Waals surface area (Å²) >= 11 is 0. The summed E-state index contributed by atoms with van der Waals surface area (Å²) in [6.45, 7) is -0.646. The van der Waals surface area contributed by atoms with Crippen LogP contribution in [0.2, 0.25) is 0 Å². The summed E-state index contributed by atoms with van der Waals surface area (Å²) in [5, 5.41) is 19.9. The smallest absolute Gasteiger partial charge is 0.416 e. The van der Waals surface area contributed by atoms with Crippen molar-refractivity contribution in [1.82, 2.24) is 0 Å². The number of aliphatic carboxylic acids is 2. The molecule has 12 heteroatoms. The van der Waals surface area contributed by atoms with Crippen LogP contribution in [-0.2, 0) is 21.9 Å². The van der Waals surface area contributed by atoms with Crippen LogP contribution in [0.4, 0.5) is 37.7 Å². The third kappa shape index (κ3) is 5.15. The molecule has 2 N–H and O–H groups in total. The lowest BCUT2D eigenvalue weighted by Gasteiger charge is -2.46. The molecular formula is C26H18F6N2O4. The van der Waals surface area contributed by atoms with Crippen LogP contribution in [0.3, 0.4) is 0 Å². The van der Waals surface area contributed by atoms with Gasteiger partial charge >= 0.3 is 24.3 Å². The minimum Gasteiger partial charge on any atom is -0.478 e. The number of benzene rings is 3. The fraction of sp³-hybridized carbons (Fsp3) is 0.154. The molecule has 0 radical (unpaired) electrons. The minimum absolute atomic E-state index is 0.117. The average molecular weight is 536 g/mol. The number of hydrogen-bond donors (Lipinski definition) is 2. The fourth-order valence-corrected chi connectivity index (χ4v) is 4.29. The fourth-order valence-electron chi connectivity index (χ4n) is 4.29. The van der Waals surface area contributed by atoms with Gasteiger partial charge in [0.05, 0.1) is 23.2 Å². The molecule has 1 heterocycles. The Kier molecular flexibility index (Phi) is 6.83. The van der Waals surface area contributed by atoms with Gasteiger partial charge in [-0.2, -0.15) is 26.3 Å². The molecule has 6 nitrogen and oxygen atoms in total. The molecule has 3 aromatic carbocycles. The van der Waals surface area contributed by atoms with Crippen molar-refractivity contribution in [2.45, 2.75) is 18.5 Å². The summed E-state index contributed by atoms with van der Waals surface area (Å²) in [6, 6.07) is 15.3. The van der Waals surface area contributed by atoms with Crippen molar-refractivity contribution in [3.63, 3.8) is 0 Å². The Morgan fingerprint density at radius 2 is 1.24 bits per heavy atom. The maximum Gasteiger partial charge on any atom is 0.416 e. The van der Waals surface area contributed by atoms with E-state index < -0.39 is 59.4 Å². The molecule has 4 rings (SSSR count). The molecule has 1 aliphatic heterocycles. The molecule has 3 aromatic rings. The average Bonchev–Trinajstić information content (AvgIpc) is 2.87. The second-order valence-corrected chi connectivity index (χ2v) is 8.32. The number of nitrogens with zero attached hydrogens (tertiary/aromatic N) is 2. The molecule has 0 fully saturated rings.